The van der Waals surface area contributed by atoms with Crippen LogP contribution < -0.4 is 15.8 Å². The largest absolute Gasteiger partial charge is 0.497 e. The number of methoxy groups -OCH3 is 2. The van der Waals surface area contributed by atoms with Crippen LogP contribution in [0.25, 0.3) is 10.1 Å². The van der Waals surface area contributed by atoms with Crippen LogP contribution in [0.3, 0.4) is 0 Å². The van der Waals surface area contributed by atoms with E-state index in [-0.39, 0.29) is 12.0 Å². The first-order valence-corrected chi connectivity index (χ1v) is 7.98. The standard InChI is InChI=1S/C16H22N2O3S/c1-9(2)12(8-17)18-14-11-7-10(20-3)5-6-13(11)22-15(14)16(19)21-4/h5-7,9,12,18H,8,17H2,1-4H3/t12-/m0/s1. The van der Waals surface area contributed by atoms with Crippen molar-refractivity contribution in [2.24, 2.45) is 11.7 Å². The maximum absolute atomic E-state index is 12.1. The molecule has 0 aliphatic heterocycles. The number of ether oxygens (including phenoxy) is 2. The highest BCUT2D eigenvalue weighted by atomic mass is 32.1. The molecule has 0 unspecified atom stereocenters. The smallest absolute Gasteiger partial charge is 0.350 e. The van der Waals surface area contributed by atoms with E-state index >= 15 is 0 Å². The zero-order chi connectivity index (χ0) is 16.3. The first-order valence-electron chi connectivity index (χ1n) is 7.17. The lowest BCUT2D eigenvalue weighted by atomic mass is 10.0. The summed E-state index contributed by atoms with van der Waals surface area (Å²) in [5.74, 6) is 0.747. The van der Waals surface area contributed by atoms with Crippen LogP contribution in [-0.4, -0.2) is 32.8 Å². The van der Waals surface area contributed by atoms with Gasteiger partial charge in [0.05, 0.1) is 19.9 Å². The van der Waals surface area contributed by atoms with E-state index in [0.29, 0.717) is 17.3 Å². The molecule has 0 aliphatic rings. The van der Waals surface area contributed by atoms with Gasteiger partial charge in [0.25, 0.3) is 0 Å². The highest BCUT2D eigenvalue weighted by molar-refractivity contribution is 7.21. The molecule has 0 amide bonds. The molecule has 1 heterocycles. The van der Waals surface area contributed by atoms with Crippen molar-refractivity contribution < 1.29 is 14.3 Å². The van der Waals surface area contributed by atoms with E-state index in [9.17, 15) is 4.79 Å². The summed E-state index contributed by atoms with van der Waals surface area (Å²) >= 11 is 1.41. The SMILES string of the molecule is COC(=O)c1sc2ccc(OC)cc2c1N[C@@H](CN)C(C)C. The zero-order valence-electron chi connectivity index (χ0n) is 13.3. The lowest BCUT2D eigenvalue weighted by Crippen LogP contribution is -2.34. The van der Waals surface area contributed by atoms with Crippen LogP contribution in [-0.2, 0) is 4.74 Å². The molecular formula is C16H22N2O3S. The molecule has 5 nitrogen and oxygen atoms in total. The summed E-state index contributed by atoms with van der Waals surface area (Å²) in [6.07, 6.45) is 0. The van der Waals surface area contributed by atoms with E-state index in [1.54, 1.807) is 7.11 Å². The van der Waals surface area contributed by atoms with Crippen molar-refractivity contribution in [3.8, 4) is 5.75 Å². The van der Waals surface area contributed by atoms with Crippen LogP contribution >= 0.6 is 11.3 Å². The summed E-state index contributed by atoms with van der Waals surface area (Å²) in [4.78, 5) is 12.6. The van der Waals surface area contributed by atoms with Gasteiger partial charge >= 0.3 is 5.97 Å². The predicted octanol–water partition coefficient (Wildman–Crippen LogP) is 3.09. The molecule has 1 atom stereocenters. The van der Waals surface area contributed by atoms with Crippen molar-refractivity contribution in [3.63, 3.8) is 0 Å². The summed E-state index contributed by atoms with van der Waals surface area (Å²) in [5, 5.41) is 4.36. The van der Waals surface area contributed by atoms with Gasteiger partial charge in [-0.05, 0) is 24.1 Å². The number of fused-ring (bicyclic) bond motifs is 1. The number of rotatable bonds is 6. The quantitative estimate of drug-likeness (QED) is 0.800. The number of carbonyl (C=O) groups excluding carboxylic acids is 1. The van der Waals surface area contributed by atoms with Crippen LogP contribution in [0.5, 0.6) is 5.75 Å². The highest BCUT2D eigenvalue weighted by Gasteiger charge is 2.22. The van der Waals surface area contributed by atoms with Crippen molar-refractivity contribution in [2.75, 3.05) is 26.1 Å². The number of nitrogens with one attached hydrogen (secondary N) is 1. The topological polar surface area (TPSA) is 73.6 Å². The lowest BCUT2D eigenvalue weighted by Gasteiger charge is -2.22. The van der Waals surface area contributed by atoms with Crippen molar-refractivity contribution >= 4 is 33.1 Å². The fourth-order valence-corrected chi connectivity index (χ4v) is 3.33. The number of nitrogens with two attached hydrogens (primary N) is 1. The van der Waals surface area contributed by atoms with Gasteiger partial charge in [0.2, 0.25) is 0 Å². The molecule has 1 aromatic heterocycles. The molecule has 22 heavy (non-hydrogen) atoms. The maximum Gasteiger partial charge on any atom is 0.350 e. The molecule has 120 valence electrons. The molecule has 0 fully saturated rings. The number of hydrogen-bond acceptors (Lipinski definition) is 6. The Labute approximate surface area is 134 Å². The summed E-state index contributed by atoms with van der Waals surface area (Å²) in [6.45, 7) is 4.68. The number of hydrogen-bond donors (Lipinski definition) is 2. The minimum Gasteiger partial charge on any atom is -0.497 e. The molecule has 0 radical (unpaired) electrons. The van der Waals surface area contributed by atoms with Gasteiger partial charge < -0.3 is 20.5 Å². The monoisotopic (exact) mass is 322 g/mol. The molecule has 3 N–H and O–H groups in total. The predicted molar refractivity (Wildman–Crippen MR) is 91.0 cm³/mol. The van der Waals surface area contributed by atoms with Crippen LogP contribution in [0.2, 0.25) is 0 Å². The van der Waals surface area contributed by atoms with Crippen LogP contribution in [0, 0.1) is 5.92 Å². The zero-order valence-corrected chi connectivity index (χ0v) is 14.1. The van der Waals surface area contributed by atoms with Crippen LogP contribution in [0.15, 0.2) is 18.2 Å². The Balaban J connectivity index is 2.57. The number of anilines is 1. The van der Waals surface area contributed by atoms with E-state index in [2.05, 4.69) is 19.2 Å². The van der Waals surface area contributed by atoms with Gasteiger partial charge in [0.1, 0.15) is 10.6 Å². The first-order chi connectivity index (χ1) is 10.5. The van der Waals surface area contributed by atoms with Gasteiger partial charge in [0, 0.05) is 22.7 Å². The molecule has 1 aromatic carbocycles. The van der Waals surface area contributed by atoms with Gasteiger partial charge in [-0.15, -0.1) is 11.3 Å². The Morgan fingerprint density at radius 3 is 2.64 bits per heavy atom. The van der Waals surface area contributed by atoms with E-state index in [4.69, 9.17) is 15.2 Å². The molecule has 0 spiro atoms. The molecule has 2 rings (SSSR count). The maximum atomic E-state index is 12.1. The van der Waals surface area contributed by atoms with Gasteiger partial charge in [-0.2, -0.15) is 0 Å². The molecule has 0 saturated heterocycles. The second-order valence-corrected chi connectivity index (χ2v) is 6.44. The van der Waals surface area contributed by atoms with E-state index in [1.807, 2.05) is 18.2 Å². The Hall–Kier alpha value is -1.79. The Morgan fingerprint density at radius 2 is 2.09 bits per heavy atom. The van der Waals surface area contributed by atoms with Gasteiger partial charge in [-0.25, -0.2) is 4.79 Å². The Morgan fingerprint density at radius 1 is 1.36 bits per heavy atom. The van der Waals surface area contributed by atoms with Gasteiger partial charge in [-0.3, -0.25) is 0 Å². The average Bonchev–Trinajstić information content (AvgIpc) is 2.88. The summed E-state index contributed by atoms with van der Waals surface area (Å²) in [7, 11) is 3.01. The second kappa shape index (κ2) is 6.98. The third-order valence-corrected chi connectivity index (χ3v) is 4.81. The Kier molecular flexibility index (Phi) is 5.26. The number of esters is 1. The van der Waals surface area contributed by atoms with E-state index in [0.717, 1.165) is 21.5 Å². The van der Waals surface area contributed by atoms with E-state index < -0.39 is 0 Å². The first kappa shape index (κ1) is 16.6. The summed E-state index contributed by atoms with van der Waals surface area (Å²) in [5.41, 5.74) is 6.62. The number of carbonyl (C=O) groups is 1. The second-order valence-electron chi connectivity index (χ2n) is 5.39. The summed E-state index contributed by atoms with van der Waals surface area (Å²) < 4.78 is 11.2. The van der Waals surface area contributed by atoms with Crippen LogP contribution in [0.4, 0.5) is 5.69 Å². The molecule has 0 bridgehead atoms. The Bertz CT molecular complexity index is 667. The van der Waals surface area contributed by atoms with Gasteiger partial charge in [-0.1, -0.05) is 13.8 Å². The normalized spacial score (nSPS) is 12.5. The third kappa shape index (κ3) is 3.18. The molecule has 2 aromatic rings. The van der Waals surface area contributed by atoms with Crippen molar-refractivity contribution in [1.82, 2.24) is 0 Å². The minimum absolute atomic E-state index is 0.0763. The molecular weight excluding hydrogens is 300 g/mol. The van der Waals surface area contributed by atoms with Crippen molar-refractivity contribution in [2.45, 2.75) is 19.9 Å². The fourth-order valence-electron chi connectivity index (χ4n) is 2.27. The molecule has 0 aliphatic carbocycles. The van der Waals surface area contributed by atoms with Crippen molar-refractivity contribution in [1.29, 1.82) is 0 Å². The highest BCUT2D eigenvalue weighted by Crippen LogP contribution is 2.39. The summed E-state index contributed by atoms with van der Waals surface area (Å²) in [6, 6.07) is 5.83. The van der Waals surface area contributed by atoms with Crippen molar-refractivity contribution in [3.05, 3.63) is 23.1 Å². The third-order valence-electron chi connectivity index (χ3n) is 3.65. The number of thiophene rings is 1. The average molecular weight is 322 g/mol. The van der Waals surface area contributed by atoms with E-state index in [1.165, 1.54) is 18.4 Å². The van der Waals surface area contributed by atoms with Crippen LogP contribution in [0.1, 0.15) is 23.5 Å². The fraction of sp³-hybridized carbons (Fsp3) is 0.438. The number of benzene rings is 1. The minimum atomic E-state index is -0.345. The van der Waals surface area contributed by atoms with Gasteiger partial charge in [0.15, 0.2) is 0 Å². The molecule has 0 saturated carbocycles. The molecule has 6 heteroatoms. The lowest BCUT2D eigenvalue weighted by molar-refractivity contribution is 0.0607.